The first kappa shape index (κ1) is 12.1. The Hall–Kier alpha value is -2.36. The molecule has 2 aromatic carbocycles. The molecule has 0 unspecified atom stereocenters. The first-order valence-corrected chi connectivity index (χ1v) is 5.43. The van der Waals surface area contributed by atoms with E-state index in [-0.39, 0.29) is 22.7 Å². The maximum atomic E-state index is 11.6. The number of carbonyl (C=O) groups excluding carboxylic acids is 2. The SMILES string of the molecule is CC(=O)c1c(O)c(O)c(C(C)=O)c2ccccc12. The molecular formula is C14H12O4. The van der Waals surface area contributed by atoms with Crippen LogP contribution in [-0.2, 0) is 0 Å². The summed E-state index contributed by atoms with van der Waals surface area (Å²) in [4.78, 5) is 23.1. The van der Waals surface area contributed by atoms with E-state index in [1.807, 2.05) is 0 Å². The fourth-order valence-corrected chi connectivity index (χ4v) is 2.12. The summed E-state index contributed by atoms with van der Waals surface area (Å²) in [5.74, 6) is -1.80. The van der Waals surface area contributed by atoms with Crippen molar-refractivity contribution in [3.8, 4) is 11.5 Å². The molecule has 92 valence electrons. The van der Waals surface area contributed by atoms with Crippen LogP contribution in [0.15, 0.2) is 24.3 Å². The Labute approximate surface area is 103 Å². The van der Waals surface area contributed by atoms with Crippen LogP contribution >= 0.6 is 0 Å². The fraction of sp³-hybridized carbons (Fsp3) is 0.143. The van der Waals surface area contributed by atoms with E-state index in [0.29, 0.717) is 10.8 Å². The second-order valence-corrected chi connectivity index (χ2v) is 4.11. The molecule has 0 spiro atoms. The highest BCUT2D eigenvalue weighted by molar-refractivity contribution is 6.18. The van der Waals surface area contributed by atoms with E-state index in [9.17, 15) is 19.8 Å². The van der Waals surface area contributed by atoms with Crippen LogP contribution in [0.4, 0.5) is 0 Å². The summed E-state index contributed by atoms with van der Waals surface area (Å²) < 4.78 is 0. The van der Waals surface area contributed by atoms with Crippen LogP contribution in [0, 0.1) is 0 Å². The molecule has 18 heavy (non-hydrogen) atoms. The van der Waals surface area contributed by atoms with E-state index in [4.69, 9.17) is 0 Å². The van der Waals surface area contributed by atoms with Crippen molar-refractivity contribution in [1.82, 2.24) is 0 Å². The van der Waals surface area contributed by atoms with E-state index < -0.39 is 11.5 Å². The molecule has 0 aliphatic rings. The van der Waals surface area contributed by atoms with Gasteiger partial charge in [-0.3, -0.25) is 9.59 Å². The lowest BCUT2D eigenvalue weighted by atomic mass is 9.94. The zero-order chi connectivity index (χ0) is 13.4. The number of fused-ring (bicyclic) bond motifs is 1. The molecule has 0 bridgehead atoms. The Balaban J connectivity index is 3.07. The molecule has 0 radical (unpaired) electrons. The zero-order valence-electron chi connectivity index (χ0n) is 10.0. The summed E-state index contributed by atoms with van der Waals surface area (Å²) in [5, 5.41) is 20.7. The Bertz CT molecular complexity index is 613. The van der Waals surface area contributed by atoms with Crippen molar-refractivity contribution in [2.75, 3.05) is 0 Å². The third-order valence-electron chi connectivity index (χ3n) is 2.87. The largest absolute Gasteiger partial charge is 0.504 e. The third kappa shape index (κ3) is 1.62. The van der Waals surface area contributed by atoms with Gasteiger partial charge in [-0.05, 0) is 24.6 Å². The first-order valence-electron chi connectivity index (χ1n) is 5.43. The number of carbonyl (C=O) groups is 2. The topological polar surface area (TPSA) is 74.6 Å². The zero-order valence-corrected chi connectivity index (χ0v) is 10.0. The van der Waals surface area contributed by atoms with Crippen LogP contribution in [0.2, 0.25) is 0 Å². The monoisotopic (exact) mass is 244 g/mol. The number of rotatable bonds is 2. The molecule has 0 amide bonds. The first-order chi connectivity index (χ1) is 8.45. The van der Waals surface area contributed by atoms with Crippen molar-refractivity contribution >= 4 is 22.3 Å². The van der Waals surface area contributed by atoms with Crippen LogP contribution < -0.4 is 0 Å². The van der Waals surface area contributed by atoms with Crippen molar-refractivity contribution in [2.45, 2.75) is 13.8 Å². The van der Waals surface area contributed by atoms with Gasteiger partial charge in [0.2, 0.25) is 0 Å². The molecule has 4 nitrogen and oxygen atoms in total. The van der Waals surface area contributed by atoms with Gasteiger partial charge in [-0.2, -0.15) is 0 Å². The van der Waals surface area contributed by atoms with Gasteiger partial charge in [0.15, 0.2) is 23.1 Å². The van der Waals surface area contributed by atoms with Crippen molar-refractivity contribution < 1.29 is 19.8 Å². The van der Waals surface area contributed by atoms with Gasteiger partial charge < -0.3 is 10.2 Å². The molecule has 0 aromatic heterocycles. The number of Topliss-reactive ketones (excluding diaryl/α,β-unsaturated/α-hetero) is 2. The Morgan fingerprint density at radius 1 is 0.833 bits per heavy atom. The van der Waals surface area contributed by atoms with Crippen LogP contribution in [0.5, 0.6) is 11.5 Å². The van der Waals surface area contributed by atoms with Crippen LogP contribution in [0.25, 0.3) is 10.8 Å². The molecule has 2 N–H and O–H groups in total. The molecular weight excluding hydrogens is 232 g/mol. The lowest BCUT2D eigenvalue weighted by Crippen LogP contribution is -2.01. The summed E-state index contributed by atoms with van der Waals surface area (Å²) in [6.45, 7) is 2.60. The Morgan fingerprint density at radius 3 is 1.44 bits per heavy atom. The van der Waals surface area contributed by atoms with Gasteiger partial charge in [0.1, 0.15) is 0 Å². The molecule has 2 aromatic rings. The average Bonchev–Trinajstić information content (AvgIpc) is 2.29. The van der Waals surface area contributed by atoms with Crippen molar-refractivity contribution in [1.29, 1.82) is 0 Å². The van der Waals surface area contributed by atoms with E-state index in [1.54, 1.807) is 24.3 Å². The summed E-state index contributed by atoms with van der Waals surface area (Å²) in [6.07, 6.45) is 0. The van der Waals surface area contributed by atoms with Gasteiger partial charge in [0.05, 0.1) is 11.1 Å². The van der Waals surface area contributed by atoms with Crippen molar-refractivity contribution in [3.05, 3.63) is 35.4 Å². The normalized spacial score (nSPS) is 10.6. The molecule has 0 aliphatic heterocycles. The van der Waals surface area contributed by atoms with Crippen molar-refractivity contribution in [3.63, 3.8) is 0 Å². The predicted molar refractivity (Wildman–Crippen MR) is 67.3 cm³/mol. The predicted octanol–water partition coefficient (Wildman–Crippen LogP) is 2.66. The number of phenolic OH excluding ortho intramolecular Hbond substituents is 2. The summed E-state index contributed by atoms with van der Waals surface area (Å²) in [6, 6.07) is 6.68. The smallest absolute Gasteiger partial charge is 0.169 e. The Kier molecular flexibility index (Phi) is 2.79. The average molecular weight is 244 g/mol. The maximum Gasteiger partial charge on any atom is 0.169 e. The molecule has 0 fully saturated rings. The highest BCUT2D eigenvalue weighted by atomic mass is 16.3. The number of hydrogen-bond acceptors (Lipinski definition) is 4. The number of phenols is 2. The van der Waals surface area contributed by atoms with Crippen LogP contribution in [0.3, 0.4) is 0 Å². The fourth-order valence-electron chi connectivity index (χ4n) is 2.12. The summed E-state index contributed by atoms with van der Waals surface area (Å²) >= 11 is 0. The molecule has 4 heteroatoms. The number of benzene rings is 2. The van der Waals surface area contributed by atoms with Gasteiger partial charge in [0.25, 0.3) is 0 Å². The highest BCUT2D eigenvalue weighted by Gasteiger charge is 2.22. The maximum absolute atomic E-state index is 11.6. The standard InChI is InChI=1S/C14H12O4/c1-7(15)11-9-5-3-4-6-10(9)12(8(2)16)14(18)13(11)17/h3-6,17-18H,1-2H3. The van der Waals surface area contributed by atoms with Gasteiger partial charge in [0, 0.05) is 0 Å². The number of hydrogen-bond donors (Lipinski definition) is 2. The number of aromatic hydroxyl groups is 2. The highest BCUT2D eigenvalue weighted by Crippen LogP contribution is 2.40. The number of ketones is 2. The summed E-state index contributed by atoms with van der Waals surface area (Å²) in [5.41, 5.74) is 0.0706. The van der Waals surface area contributed by atoms with E-state index >= 15 is 0 Å². The van der Waals surface area contributed by atoms with E-state index in [2.05, 4.69) is 0 Å². The molecule has 0 atom stereocenters. The molecule has 0 saturated heterocycles. The molecule has 0 heterocycles. The second kappa shape index (κ2) is 4.14. The van der Waals surface area contributed by atoms with Crippen LogP contribution in [-0.4, -0.2) is 21.8 Å². The van der Waals surface area contributed by atoms with Gasteiger partial charge >= 0.3 is 0 Å². The Morgan fingerprint density at radius 2 is 1.17 bits per heavy atom. The molecule has 0 aliphatic carbocycles. The second-order valence-electron chi connectivity index (χ2n) is 4.11. The lowest BCUT2D eigenvalue weighted by Gasteiger charge is -2.12. The lowest BCUT2D eigenvalue weighted by molar-refractivity contribution is 0.0998. The minimum atomic E-state index is -0.536. The molecule has 2 rings (SSSR count). The third-order valence-corrected chi connectivity index (χ3v) is 2.87. The van der Waals surface area contributed by atoms with Gasteiger partial charge in [-0.15, -0.1) is 0 Å². The quantitative estimate of drug-likeness (QED) is 0.629. The van der Waals surface area contributed by atoms with Gasteiger partial charge in [-0.1, -0.05) is 24.3 Å². The minimum Gasteiger partial charge on any atom is -0.504 e. The minimum absolute atomic E-state index is 0.0353. The summed E-state index contributed by atoms with van der Waals surface area (Å²) in [7, 11) is 0. The van der Waals surface area contributed by atoms with Gasteiger partial charge in [-0.25, -0.2) is 0 Å². The molecule has 0 saturated carbocycles. The van der Waals surface area contributed by atoms with E-state index in [0.717, 1.165) is 0 Å². The van der Waals surface area contributed by atoms with E-state index in [1.165, 1.54) is 13.8 Å². The van der Waals surface area contributed by atoms with Crippen LogP contribution in [0.1, 0.15) is 34.6 Å². The van der Waals surface area contributed by atoms with Crippen molar-refractivity contribution in [2.24, 2.45) is 0 Å².